The summed E-state index contributed by atoms with van der Waals surface area (Å²) in [5.74, 6) is 1.17. The molecule has 1 aromatic rings. The van der Waals surface area contributed by atoms with Gasteiger partial charge in [-0.25, -0.2) is 0 Å². The van der Waals surface area contributed by atoms with Crippen LogP contribution >= 0.6 is 15.9 Å². The summed E-state index contributed by atoms with van der Waals surface area (Å²) in [4.78, 5) is 0. The molecule has 0 aliphatic heterocycles. The first-order chi connectivity index (χ1) is 9.69. The van der Waals surface area contributed by atoms with Crippen molar-refractivity contribution < 1.29 is 9.84 Å². The maximum atomic E-state index is 9.43. The van der Waals surface area contributed by atoms with Crippen LogP contribution in [0.25, 0.3) is 0 Å². The molecule has 1 fully saturated rings. The predicted octanol–water partition coefficient (Wildman–Crippen LogP) is 2.21. The highest BCUT2D eigenvalue weighted by molar-refractivity contribution is 9.10. The lowest BCUT2D eigenvalue weighted by molar-refractivity contribution is 0.199. The van der Waals surface area contributed by atoms with E-state index in [2.05, 4.69) is 21.2 Å². The Morgan fingerprint density at radius 2 is 2.30 bits per heavy atom. The van der Waals surface area contributed by atoms with Crippen molar-refractivity contribution in [2.75, 3.05) is 20.3 Å². The second kappa shape index (κ2) is 7.41. The lowest BCUT2D eigenvalue weighted by Crippen LogP contribution is -2.40. The fourth-order valence-electron chi connectivity index (χ4n) is 2.93. The smallest absolute Gasteiger partial charge is 0.119 e. The van der Waals surface area contributed by atoms with Crippen molar-refractivity contribution >= 4 is 15.9 Å². The third-order valence-corrected chi connectivity index (χ3v) is 4.85. The molecule has 0 bridgehead atoms. The molecule has 3 atom stereocenters. The van der Waals surface area contributed by atoms with E-state index in [1.165, 1.54) is 6.42 Å². The summed E-state index contributed by atoms with van der Waals surface area (Å²) in [7, 11) is 1.66. The van der Waals surface area contributed by atoms with Gasteiger partial charge < -0.3 is 20.9 Å². The van der Waals surface area contributed by atoms with E-state index in [4.69, 9.17) is 10.5 Å². The van der Waals surface area contributed by atoms with Gasteiger partial charge in [-0.05, 0) is 42.5 Å². The van der Waals surface area contributed by atoms with Crippen LogP contribution in [-0.4, -0.2) is 31.4 Å². The van der Waals surface area contributed by atoms with Crippen molar-refractivity contribution in [1.82, 2.24) is 5.32 Å². The summed E-state index contributed by atoms with van der Waals surface area (Å²) in [5.41, 5.74) is 7.05. The normalized spacial score (nSPS) is 23.8. The van der Waals surface area contributed by atoms with Gasteiger partial charge in [0.2, 0.25) is 0 Å². The number of aliphatic hydroxyl groups is 1. The van der Waals surface area contributed by atoms with Gasteiger partial charge in [-0.15, -0.1) is 0 Å². The molecule has 3 unspecified atom stereocenters. The molecular weight excluding hydrogens is 320 g/mol. The van der Waals surface area contributed by atoms with Crippen LogP contribution in [0.1, 0.15) is 30.9 Å². The molecule has 1 aromatic carbocycles. The van der Waals surface area contributed by atoms with Crippen LogP contribution in [0.5, 0.6) is 5.75 Å². The molecule has 112 valence electrons. The summed E-state index contributed by atoms with van der Waals surface area (Å²) in [6, 6.07) is 6.32. The van der Waals surface area contributed by atoms with Crippen molar-refractivity contribution in [1.29, 1.82) is 0 Å². The Morgan fingerprint density at radius 3 is 2.95 bits per heavy atom. The molecule has 1 saturated carbocycles. The number of ether oxygens (including phenoxy) is 1. The summed E-state index contributed by atoms with van der Waals surface area (Å²) in [6.07, 6.45) is 3.35. The second-order valence-corrected chi connectivity index (χ2v) is 6.18. The monoisotopic (exact) mass is 342 g/mol. The van der Waals surface area contributed by atoms with Crippen molar-refractivity contribution in [3.05, 3.63) is 28.2 Å². The summed E-state index contributed by atoms with van der Waals surface area (Å²) in [5, 5.41) is 13.0. The van der Waals surface area contributed by atoms with Gasteiger partial charge in [-0.1, -0.05) is 22.4 Å². The summed E-state index contributed by atoms with van der Waals surface area (Å²) >= 11 is 3.58. The Hall–Kier alpha value is -0.620. The van der Waals surface area contributed by atoms with Gasteiger partial charge in [0.1, 0.15) is 5.75 Å². The fraction of sp³-hybridized carbons (Fsp3) is 0.600. The van der Waals surface area contributed by atoms with E-state index in [0.29, 0.717) is 18.5 Å². The van der Waals surface area contributed by atoms with Crippen molar-refractivity contribution in [3.8, 4) is 5.75 Å². The Labute approximate surface area is 128 Å². The highest BCUT2D eigenvalue weighted by Crippen LogP contribution is 2.31. The van der Waals surface area contributed by atoms with Crippen molar-refractivity contribution in [3.63, 3.8) is 0 Å². The minimum atomic E-state index is 0.0663. The van der Waals surface area contributed by atoms with Gasteiger partial charge in [0.05, 0.1) is 7.11 Å². The number of rotatable bonds is 6. The van der Waals surface area contributed by atoms with E-state index in [9.17, 15) is 5.11 Å². The molecule has 1 aliphatic carbocycles. The van der Waals surface area contributed by atoms with E-state index >= 15 is 0 Å². The minimum Gasteiger partial charge on any atom is -0.497 e. The maximum absolute atomic E-state index is 9.43. The van der Waals surface area contributed by atoms with Crippen LogP contribution in [0.3, 0.4) is 0 Å². The Kier molecular flexibility index (Phi) is 5.84. The molecule has 0 amide bonds. The lowest BCUT2D eigenvalue weighted by atomic mass is 10.0. The molecule has 1 aliphatic rings. The molecule has 0 saturated heterocycles. The van der Waals surface area contributed by atoms with Crippen LogP contribution in [0.15, 0.2) is 22.7 Å². The molecule has 0 spiro atoms. The quantitative estimate of drug-likeness (QED) is 0.741. The first-order valence-corrected chi connectivity index (χ1v) is 7.89. The van der Waals surface area contributed by atoms with Crippen LogP contribution in [0.4, 0.5) is 0 Å². The van der Waals surface area contributed by atoms with Crippen LogP contribution in [-0.2, 0) is 0 Å². The standard InChI is InChI=1S/C15H23BrN2O2/c1-20-11-5-6-13(16)12(7-11)15(8-17)18-14-4-2-3-10(14)9-19/h5-7,10,14-15,18-19H,2-4,8-9,17H2,1H3. The fourth-order valence-corrected chi connectivity index (χ4v) is 3.46. The highest BCUT2D eigenvalue weighted by Gasteiger charge is 2.29. The first kappa shape index (κ1) is 15.8. The zero-order chi connectivity index (χ0) is 14.5. The topological polar surface area (TPSA) is 67.5 Å². The number of nitrogens with one attached hydrogen (secondary N) is 1. The van der Waals surface area contributed by atoms with E-state index in [1.54, 1.807) is 7.11 Å². The van der Waals surface area contributed by atoms with Gasteiger partial charge in [-0.2, -0.15) is 0 Å². The summed E-state index contributed by atoms with van der Waals surface area (Å²) < 4.78 is 6.31. The van der Waals surface area contributed by atoms with Gasteiger partial charge in [0, 0.05) is 29.7 Å². The molecule has 4 N–H and O–H groups in total. The van der Waals surface area contributed by atoms with Crippen LogP contribution in [0.2, 0.25) is 0 Å². The number of nitrogens with two attached hydrogens (primary N) is 1. The molecule has 20 heavy (non-hydrogen) atoms. The second-order valence-electron chi connectivity index (χ2n) is 5.32. The third kappa shape index (κ3) is 3.52. The highest BCUT2D eigenvalue weighted by atomic mass is 79.9. The predicted molar refractivity (Wildman–Crippen MR) is 83.8 cm³/mol. The van der Waals surface area contributed by atoms with Crippen LogP contribution in [0, 0.1) is 5.92 Å². The number of methoxy groups -OCH3 is 1. The molecular formula is C15H23BrN2O2. The first-order valence-electron chi connectivity index (χ1n) is 7.10. The molecule has 5 heteroatoms. The number of hydrogen-bond donors (Lipinski definition) is 3. The molecule has 0 aromatic heterocycles. The average Bonchev–Trinajstić information content (AvgIpc) is 2.92. The zero-order valence-corrected chi connectivity index (χ0v) is 13.4. The molecule has 0 heterocycles. The molecule has 0 radical (unpaired) electrons. The number of halogens is 1. The Bertz CT molecular complexity index is 442. The molecule has 2 rings (SSSR count). The Balaban J connectivity index is 2.15. The van der Waals surface area contributed by atoms with E-state index in [-0.39, 0.29) is 12.6 Å². The van der Waals surface area contributed by atoms with Gasteiger partial charge >= 0.3 is 0 Å². The number of benzene rings is 1. The zero-order valence-electron chi connectivity index (χ0n) is 11.8. The largest absolute Gasteiger partial charge is 0.497 e. The third-order valence-electron chi connectivity index (χ3n) is 4.12. The number of hydrogen-bond acceptors (Lipinski definition) is 4. The Morgan fingerprint density at radius 1 is 1.50 bits per heavy atom. The van der Waals surface area contributed by atoms with E-state index in [1.807, 2.05) is 18.2 Å². The minimum absolute atomic E-state index is 0.0663. The SMILES string of the molecule is COc1ccc(Br)c(C(CN)NC2CCCC2CO)c1. The summed E-state index contributed by atoms with van der Waals surface area (Å²) in [6.45, 7) is 0.759. The van der Waals surface area contributed by atoms with Gasteiger partial charge in [0.25, 0.3) is 0 Å². The van der Waals surface area contributed by atoms with E-state index < -0.39 is 0 Å². The van der Waals surface area contributed by atoms with Gasteiger partial charge in [0.15, 0.2) is 0 Å². The average molecular weight is 343 g/mol. The van der Waals surface area contributed by atoms with E-state index in [0.717, 1.165) is 28.6 Å². The van der Waals surface area contributed by atoms with Gasteiger partial charge in [-0.3, -0.25) is 0 Å². The maximum Gasteiger partial charge on any atom is 0.119 e. The van der Waals surface area contributed by atoms with Crippen molar-refractivity contribution in [2.45, 2.75) is 31.3 Å². The lowest BCUT2D eigenvalue weighted by Gasteiger charge is -2.26. The number of aliphatic hydroxyl groups excluding tert-OH is 1. The molecule has 4 nitrogen and oxygen atoms in total. The van der Waals surface area contributed by atoms with Crippen molar-refractivity contribution in [2.24, 2.45) is 11.7 Å². The van der Waals surface area contributed by atoms with Crippen LogP contribution < -0.4 is 15.8 Å².